The summed E-state index contributed by atoms with van der Waals surface area (Å²) in [6.07, 6.45) is 2.48. The molecule has 1 amide bonds. The predicted octanol–water partition coefficient (Wildman–Crippen LogP) is 3.20. The van der Waals surface area contributed by atoms with Gasteiger partial charge in [0.1, 0.15) is 0 Å². The van der Waals surface area contributed by atoms with E-state index >= 15 is 0 Å². The standard InChI is InChI=1S/C16H24N2O/c1-11(2)16(7-8-16)10-18-15(19)14-6-5-13(17-4)9-12(14)3/h5-6,9,11,17H,7-8,10H2,1-4H3,(H,18,19). The van der Waals surface area contributed by atoms with Gasteiger partial charge in [-0.2, -0.15) is 0 Å². The van der Waals surface area contributed by atoms with Crippen LogP contribution in [0.5, 0.6) is 0 Å². The monoisotopic (exact) mass is 260 g/mol. The zero-order chi connectivity index (χ0) is 14.0. The largest absolute Gasteiger partial charge is 0.388 e. The Hall–Kier alpha value is -1.51. The molecule has 0 spiro atoms. The van der Waals surface area contributed by atoms with Crippen molar-refractivity contribution in [2.24, 2.45) is 11.3 Å². The lowest BCUT2D eigenvalue weighted by Gasteiger charge is -2.20. The van der Waals surface area contributed by atoms with E-state index in [4.69, 9.17) is 0 Å². The fraction of sp³-hybridized carbons (Fsp3) is 0.562. The Bertz CT molecular complexity index is 476. The van der Waals surface area contributed by atoms with Crippen LogP contribution < -0.4 is 10.6 Å². The first-order valence-corrected chi connectivity index (χ1v) is 7.05. The molecule has 0 bridgehead atoms. The van der Waals surface area contributed by atoms with Crippen LogP contribution in [-0.4, -0.2) is 19.5 Å². The molecule has 2 N–H and O–H groups in total. The molecule has 0 aromatic heterocycles. The van der Waals surface area contributed by atoms with Crippen LogP contribution in [0.3, 0.4) is 0 Å². The van der Waals surface area contributed by atoms with Crippen molar-refractivity contribution in [1.29, 1.82) is 0 Å². The molecule has 0 aliphatic heterocycles. The minimum atomic E-state index is 0.0482. The molecule has 104 valence electrons. The van der Waals surface area contributed by atoms with Crippen molar-refractivity contribution in [1.82, 2.24) is 5.32 Å². The molecule has 0 heterocycles. The third kappa shape index (κ3) is 2.91. The van der Waals surface area contributed by atoms with Crippen LogP contribution in [0.25, 0.3) is 0 Å². The maximum Gasteiger partial charge on any atom is 0.251 e. The van der Waals surface area contributed by atoms with Gasteiger partial charge in [-0.25, -0.2) is 0 Å². The molecule has 0 atom stereocenters. The maximum atomic E-state index is 12.2. The second-order valence-corrected chi connectivity index (χ2v) is 5.98. The minimum Gasteiger partial charge on any atom is -0.388 e. The van der Waals surface area contributed by atoms with Crippen LogP contribution in [0, 0.1) is 18.3 Å². The number of anilines is 1. The average Bonchev–Trinajstić information content (AvgIpc) is 3.17. The fourth-order valence-corrected chi connectivity index (χ4v) is 2.54. The Morgan fingerprint density at radius 3 is 2.53 bits per heavy atom. The second-order valence-electron chi connectivity index (χ2n) is 5.98. The molecular weight excluding hydrogens is 236 g/mol. The van der Waals surface area contributed by atoms with E-state index in [0.717, 1.165) is 23.4 Å². The summed E-state index contributed by atoms with van der Waals surface area (Å²) in [7, 11) is 1.88. The summed E-state index contributed by atoms with van der Waals surface area (Å²) in [5.74, 6) is 0.688. The third-order valence-corrected chi connectivity index (χ3v) is 4.48. The van der Waals surface area contributed by atoms with Gasteiger partial charge in [-0.15, -0.1) is 0 Å². The Labute approximate surface area is 115 Å². The van der Waals surface area contributed by atoms with Gasteiger partial charge in [0, 0.05) is 24.8 Å². The third-order valence-electron chi connectivity index (χ3n) is 4.48. The van der Waals surface area contributed by atoms with Crippen LogP contribution in [0.4, 0.5) is 5.69 Å². The zero-order valence-electron chi connectivity index (χ0n) is 12.3. The van der Waals surface area contributed by atoms with Crippen molar-refractivity contribution in [2.45, 2.75) is 33.6 Å². The van der Waals surface area contributed by atoms with Crippen LogP contribution in [0.1, 0.15) is 42.6 Å². The molecule has 1 fully saturated rings. The Morgan fingerprint density at radius 1 is 1.37 bits per heavy atom. The second kappa shape index (κ2) is 5.24. The number of hydrogen-bond acceptors (Lipinski definition) is 2. The lowest BCUT2D eigenvalue weighted by Crippen LogP contribution is -2.32. The summed E-state index contributed by atoms with van der Waals surface area (Å²) in [5, 5.41) is 6.19. The quantitative estimate of drug-likeness (QED) is 0.853. The van der Waals surface area contributed by atoms with Crippen LogP contribution in [-0.2, 0) is 0 Å². The van der Waals surface area contributed by atoms with Crippen LogP contribution >= 0.6 is 0 Å². The first kappa shape index (κ1) is 13.9. The van der Waals surface area contributed by atoms with Crippen molar-refractivity contribution in [3.63, 3.8) is 0 Å². The van der Waals surface area contributed by atoms with E-state index in [1.807, 2.05) is 32.2 Å². The van der Waals surface area contributed by atoms with Crippen LogP contribution in [0.2, 0.25) is 0 Å². The van der Waals surface area contributed by atoms with E-state index in [1.165, 1.54) is 12.8 Å². The van der Waals surface area contributed by atoms with Gasteiger partial charge in [0.25, 0.3) is 5.91 Å². The highest BCUT2D eigenvalue weighted by molar-refractivity contribution is 5.96. The van der Waals surface area contributed by atoms with E-state index in [9.17, 15) is 4.79 Å². The number of nitrogens with one attached hydrogen (secondary N) is 2. The van der Waals surface area contributed by atoms with Gasteiger partial charge in [-0.05, 0) is 54.9 Å². The number of aryl methyl sites for hydroxylation is 1. The number of carbonyl (C=O) groups is 1. The molecule has 2 rings (SSSR count). The lowest BCUT2D eigenvalue weighted by molar-refractivity contribution is 0.0939. The highest BCUT2D eigenvalue weighted by atomic mass is 16.1. The summed E-state index contributed by atoms with van der Waals surface area (Å²) < 4.78 is 0. The fourth-order valence-electron chi connectivity index (χ4n) is 2.54. The maximum absolute atomic E-state index is 12.2. The SMILES string of the molecule is CNc1ccc(C(=O)NCC2(C(C)C)CC2)c(C)c1. The molecular formula is C16H24N2O. The number of benzene rings is 1. The van der Waals surface area contributed by atoms with E-state index in [-0.39, 0.29) is 5.91 Å². The highest BCUT2D eigenvalue weighted by Crippen LogP contribution is 2.51. The van der Waals surface area contributed by atoms with Crippen molar-refractivity contribution < 1.29 is 4.79 Å². The molecule has 3 heteroatoms. The summed E-state index contributed by atoms with van der Waals surface area (Å²) >= 11 is 0. The average molecular weight is 260 g/mol. The lowest BCUT2D eigenvalue weighted by atomic mass is 9.92. The normalized spacial score (nSPS) is 16.3. The van der Waals surface area contributed by atoms with Crippen LogP contribution in [0.15, 0.2) is 18.2 Å². The Morgan fingerprint density at radius 2 is 2.05 bits per heavy atom. The van der Waals surface area contributed by atoms with Gasteiger partial charge in [-0.1, -0.05) is 13.8 Å². The van der Waals surface area contributed by atoms with Gasteiger partial charge < -0.3 is 10.6 Å². The molecule has 1 aromatic rings. The molecule has 1 aliphatic carbocycles. The summed E-state index contributed by atoms with van der Waals surface area (Å²) in [6, 6.07) is 5.84. The summed E-state index contributed by atoms with van der Waals surface area (Å²) in [5.41, 5.74) is 3.18. The summed E-state index contributed by atoms with van der Waals surface area (Å²) in [6.45, 7) is 7.26. The zero-order valence-corrected chi connectivity index (χ0v) is 12.3. The topological polar surface area (TPSA) is 41.1 Å². The van der Waals surface area contributed by atoms with E-state index in [0.29, 0.717) is 11.3 Å². The van der Waals surface area contributed by atoms with Crippen molar-refractivity contribution >= 4 is 11.6 Å². The molecule has 3 nitrogen and oxygen atoms in total. The molecule has 1 aliphatic rings. The van der Waals surface area contributed by atoms with Gasteiger partial charge in [0.05, 0.1) is 0 Å². The molecule has 19 heavy (non-hydrogen) atoms. The number of amides is 1. The van der Waals surface area contributed by atoms with E-state index in [1.54, 1.807) is 0 Å². The van der Waals surface area contributed by atoms with Crippen molar-refractivity contribution in [3.8, 4) is 0 Å². The van der Waals surface area contributed by atoms with E-state index in [2.05, 4.69) is 24.5 Å². The van der Waals surface area contributed by atoms with Gasteiger partial charge in [0.15, 0.2) is 0 Å². The molecule has 0 unspecified atom stereocenters. The van der Waals surface area contributed by atoms with E-state index < -0.39 is 0 Å². The number of hydrogen-bond donors (Lipinski definition) is 2. The predicted molar refractivity (Wildman–Crippen MR) is 79.6 cm³/mol. The first-order chi connectivity index (χ1) is 8.98. The molecule has 1 aromatic carbocycles. The number of carbonyl (C=O) groups excluding carboxylic acids is 1. The summed E-state index contributed by atoms with van der Waals surface area (Å²) in [4.78, 5) is 12.2. The molecule has 0 saturated heterocycles. The molecule has 1 saturated carbocycles. The highest BCUT2D eigenvalue weighted by Gasteiger charge is 2.45. The van der Waals surface area contributed by atoms with Crippen molar-refractivity contribution in [2.75, 3.05) is 18.9 Å². The minimum absolute atomic E-state index is 0.0482. The van der Waals surface area contributed by atoms with Crippen molar-refractivity contribution in [3.05, 3.63) is 29.3 Å². The Balaban J connectivity index is 2.00. The van der Waals surface area contributed by atoms with Gasteiger partial charge in [0.2, 0.25) is 0 Å². The van der Waals surface area contributed by atoms with Gasteiger partial charge >= 0.3 is 0 Å². The Kier molecular flexibility index (Phi) is 3.83. The smallest absolute Gasteiger partial charge is 0.251 e. The van der Waals surface area contributed by atoms with Gasteiger partial charge in [-0.3, -0.25) is 4.79 Å². The molecule has 0 radical (unpaired) electrons. The first-order valence-electron chi connectivity index (χ1n) is 7.05. The number of rotatable bonds is 5.